The summed E-state index contributed by atoms with van der Waals surface area (Å²) >= 11 is 6.19. The minimum Gasteiger partial charge on any atom is -0.457 e. The number of rotatable bonds is 6. The second-order valence-corrected chi connectivity index (χ2v) is 10.1. The Morgan fingerprint density at radius 1 is 1.06 bits per heavy atom. The summed E-state index contributed by atoms with van der Waals surface area (Å²) in [6.07, 6.45) is 3.44. The molecule has 2 aromatic carbocycles. The predicted molar refractivity (Wildman–Crippen MR) is 144 cm³/mol. The van der Waals surface area contributed by atoms with Gasteiger partial charge >= 0.3 is 0 Å². The first-order chi connectivity index (χ1) is 16.6. The van der Waals surface area contributed by atoms with Gasteiger partial charge in [-0.15, -0.1) is 17.9 Å². The van der Waals surface area contributed by atoms with E-state index in [2.05, 4.69) is 32.5 Å². The molecule has 0 spiro atoms. The van der Waals surface area contributed by atoms with E-state index in [9.17, 15) is 4.79 Å². The third-order valence-corrected chi connectivity index (χ3v) is 7.25. The lowest BCUT2D eigenvalue weighted by atomic mass is 10.2. The molecule has 0 bridgehead atoms. The van der Waals surface area contributed by atoms with Crippen LogP contribution in [0.15, 0.2) is 104 Å². The fraction of sp³-hybridized carbons (Fsp3) is 0.0385. The van der Waals surface area contributed by atoms with E-state index in [1.165, 1.54) is 23.1 Å². The topological polar surface area (TPSA) is 58.7 Å². The molecule has 2 aromatic heterocycles. The van der Waals surface area contributed by atoms with Crippen molar-refractivity contribution in [1.29, 1.82) is 0 Å². The zero-order chi connectivity index (χ0) is 23.5. The minimum absolute atomic E-state index is 0.134. The summed E-state index contributed by atoms with van der Waals surface area (Å²) in [6, 6.07) is 21.6. The fourth-order valence-corrected chi connectivity index (χ4v) is 5.34. The molecule has 5 rings (SSSR count). The molecule has 4 aromatic rings. The van der Waals surface area contributed by atoms with Crippen molar-refractivity contribution in [3.63, 3.8) is 0 Å². The molecular formula is C26H18BrN3O2S2. The zero-order valence-corrected chi connectivity index (χ0v) is 21.1. The Hall–Kier alpha value is -3.20. The average Bonchev–Trinajstić information content (AvgIpc) is 3.58. The summed E-state index contributed by atoms with van der Waals surface area (Å²) in [6.45, 7) is 4.15. The first-order valence-electron chi connectivity index (χ1n) is 10.4. The summed E-state index contributed by atoms with van der Waals surface area (Å²) in [4.78, 5) is 24.5. The van der Waals surface area contributed by atoms with Gasteiger partial charge in [-0.3, -0.25) is 9.69 Å². The van der Waals surface area contributed by atoms with Gasteiger partial charge in [0.2, 0.25) is 5.13 Å². The number of aromatic nitrogens is 1. The number of amides is 1. The first-order valence-corrected chi connectivity index (χ1v) is 12.9. The number of benzene rings is 2. The number of hydrogen-bond acceptors (Lipinski definition) is 6. The van der Waals surface area contributed by atoms with E-state index in [-0.39, 0.29) is 5.91 Å². The molecule has 1 aliphatic rings. The predicted octanol–water partition coefficient (Wildman–Crippen LogP) is 7.62. The lowest BCUT2D eigenvalue weighted by molar-refractivity contribution is -0.121. The van der Waals surface area contributed by atoms with Gasteiger partial charge in [0, 0.05) is 33.6 Å². The van der Waals surface area contributed by atoms with Gasteiger partial charge < -0.3 is 4.42 Å². The third kappa shape index (κ3) is 4.84. The second-order valence-electron chi connectivity index (χ2n) is 7.30. The molecule has 0 aliphatic carbocycles. The van der Waals surface area contributed by atoms with Gasteiger partial charge in [0.25, 0.3) is 5.91 Å². The molecule has 1 amide bonds. The van der Waals surface area contributed by atoms with Crippen molar-refractivity contribution in [3.05, 3.63) is 99.9 Å². The van der Waals surface area contributed by atoms with Crippen molar-refractivity contribution >= 4 is 61.3 Å². The Morgan fingerprint density at radius 3 is 2.62 bits per heavy atom. The quantitative estimate of drug-likeness (QED) is 0.184. The fourth-order valence-electron chi connectivity index (χ4n) is 3.35. The Morgan fingerprint density at radius 2 is 1.85 bits per heavy atom. The summed E-state index contributed by atoms with van der Waals surface area (Å²) in [5.74, 6) is 1.21. The molecule has 8 heteroatoms. The van der Waals surface area contributed by atoms with Crippen molar-refractivity contribution < 1.29 is 9.21 Å². The van der Waals surface area contributed by atoms with Crippen LogP contribution in [0, 0.1) is 0 Å². The van der Waals surface area contributed by atoms with Crippen LogP contribution in [0.25, 0.3) is 28.7 Å². The van der Waals surface area contributed by atoms with Gasteiger partial charge in [0.1, 0.15) is 11.5 Å². The van der Waals surface area contributed by atoms with Crippen LogP contribution in [0.2, 0.25) is 0 Å². The number of thiazole rings is 1. The molecule has 5 nitrogen and oxygen atoms in total. The van der Waals surface area contributed by atoms with Gasteiger partial charge in [0.15, 0.2) is 5.17 Å². The van der Waals surface area contributed by atoms with Crippen LogP contribution >= 0.6 is 39.0 Å². The van der Waals surface area contributed by atoms with Gasteiger partial charge in [-0.25, -0.2) is 4.98 Å². The Labute approximate surface area is 213 Å². The van der Waals surface area contributed by atoms with Crippen LogP contribution in [0.4, 0.5) is 5.13 Å². The highest BCUT2D eigenvalue weighted by Gasteiger charge is 2.33. The van der Waals surface area contributed by atoms with Crippen LogP contribution < -0.4 is 0 Å². The highest BCUT2D eigenvalue weighted by molar-refractivity contribution is 9.10. The summed E-state index contributed by atoms with van der Waals surface area (Å²) in [7, 11) is 0. The molecule has 1 fully saturated rings. The lowest BCUT2D eigenvalue weighted by Crippen LogP contribution is -2.29. The molecule has 0 saturated carbocycles. The van der Waals surface area contributed by atoms with Crippen LogP contribution in [0.3, 0.4) is 0 Å². The average molecular weight is 548 g/mol. The molecule has 0 N–H and O–H groups in total. The van der Waals surface area contributed by atoms with Crippen molar-refractivity contribution in [1.82, 2.24) is 9.88 Å². The van der Waals surface area contributed by atoms with E-state index < -0.39 is 0 Å². The monoisotopic (exact) mass is 547 g/mol. The van der Waals surface area contributed by atoms with Crippen molar-refractivity contribution in [2.75, 3.05) is 6.54 Å². The van der Waals surface area contributed by atoms with Crippen LogP contribution in [0.5, 0.6) is 0 Å². The SMILES string of the molecule is C=CCN1C(=O)/C(=C\c2ccc(-c3ccc(Br)cc3)o2)S/C1=N/c1nc(-c2ccccc2)cs1. The molecule has 0 radical (unpaired) electrons. The molecule has 1 saturated heterocycles. The lowest BCUT2D eigenvalue weighted by Gasteiger charge is -2.11. The van der Waals surface area contributed by atoms with E-state index in [1.807, 2.05) is 72.1 Å². The van der Waals surface area contributed by atoms with E-state index in [1.54, 1.807) is 17.1 Å². The van der Waals surface area contributed by atoms with E-state index in [0.29, 0.717) is 27.5 Å². The van der Waals surface area contributed by atoms with E-state index >= 15 is 0 Å². The second kappa shape index (κ2) is 9.97. The Kier molecular flexibility index (Phi) is 6.62. The maximum Gasteiger partial charge on any atom is 0.267 e. The highest BCUT2D eigenvalue weighted by atomic mass is 79.9. The largest absolute Gasteiger partial charge is 0.457 e. The molecule has 1 aliphatic heterocycles. The van der Waals surface area contributed by atoms with Gasteiger partial charge in [-0.2, -0.15) is 4.99 Å². The maximum atomic E-state index is 13.1. The smallest absolute Gasteiger partial charge is 0.267 e. The van der Waals surface area contributed by atoms with Crippen molar-refractivity contribution in [3.8, 4) is 22.6 Å². The normalized spacial score (nSPS) is 16.0. The van der Waals surface area contributed by atoms with Crippen LogP contribution in [-0.2, 0) is 4.79 Å². The van der Waals surface area contributed by atoms with Gasteiger partial charge in [-0.05, 0) is 36.0 Å². The van der Waals surface area contributed by atoms with Gasteiger partial charge in [-0.1, -0.05) is 64.5 Å². The number of thioether (sulfide) groups is 1. The maximum absolute atomic E-state index is 13.1. The summed E-state index contributed by atoms with van der Waals surface area (Å²) in [5.41, 5.74) is 2.86. The van der Waals surface area contributed by atoms with Crippen LogP contribution in [0.1, 0.15) is 5.76 Å². The van der Waals surface area contributed by atoms with Crippen molar-refractivity contribution in [2.45, 2.75) is 0 Å². The summed E-state index contributed by atoms with van der Waals surface area (Å²) in [5, 5.41) is 3.14. The molecular weight excluding hydrogens is 530 g/mol. The number of hydrogen-bond donors (Lipinski definition) is 0. The number of aliphatic imine (C=N–C) groups is 1. The molecule has 34 heavy (non-hydrogen) atoms. The zero-order valence-electron chi connectivity index (χ0n) is 17.8. The number of carbonyl (C=O) groups excluding carboxylic acids is 1. The number of amidine groups is 1. The van der Waals surface area contributed by atoms with E-state index in [0.717, 1.165) is 27.1 Å². The molecule has 0 atom stereocenters. The Bertz CT molecular complexity index is 1410. The standard InChI is InChI=1S/C26H18BrN3O2S2/c1-2-14-30-24(31)23(15-20-12-13-22(32-20)18-8-10-19(27)11-9-18)34-26(30)29-25-28-21(16-33-25)17-6-4-3-5-7-17/h2-13,15-16H,1,14H2/b23-15+,29-26+. The van der Waals surface area contributed by atoms with Gasteiger partial charge in [0.05, 0.1) is 10.6 Å². The molecule has 168 valence electrons. The van der Waals surface area contributed by atoms with Crippen LogP contribution in [-0.4, -0.2) is 27.5 Å². The Balaban J connectivity index is 1.41. The number of carbonyl (C=O) groups is 1. The number of furan rings is 1. The summed E-state index contributed by atoms with van der Waals surface area (Å²) < 4.78 is 6.98. The molecule has 0 unspecified atom stereocenters. The number of halogens is 1. The first kappa shape index (κ1) is 22.6. The van der Waals surface area contributed by atoms with Crippen molar-refractivity contribution in [2.24, 2.45) is 4.99 Å². The third-order valence-electron chi connectivity index (χ3n) is 4.98. The van der Waals surface area contributed by atoms with E-state index in [4.69, 9.17) is 4.42 Å². The highest BCUT2D eigenvalue weighted by Crippen LogP contribution is 2.36. The molecule has 3 heterocycles. The minimum atomic E-state index is -0.134. The number of nitrogens with zero attached hydrogens (tertiary/aromatic N) is 3.